The highest BCUT2D eigenvalue weighted by Gasteiger charge is 2.35. The van der Waals surface area contributed by atoms with E-state index in [1.165, 1.54) is 12.1 Å². The number of hydrogen-bond acceptors (Lipinski definition) is 1. The standard InChI is InChI=1S/C16H19F2N/c1-2-12-5-7-16(11-19,8-6-12)10-13-3-4-14(17)9-15(13)18/h3-4,9,12H,2,5-8,10H2,1H3. The topological polar surface area (TPSA) is 23.8 Å². The molecule has 1 saturated carbocycles. The van der Waals surface area contributed by atoms with E-state index in [2.05, 4.69) is 13.0 Å². The molecule has 0 aromatic heterocycles. The predicted molar refractivity (Wildman–Crippen MR) is 70.4 cm³/mol. The second-order valence-electron chi connectivity index (χ2n) is 5.66. The molecule has 0 atom stereocenters. The van der Waals surface area contributed by atoms with E-state index in [9.17, 15) is 14.0 Å². The molecule has 0 spiro atoms. The second-order valence-corrected chi connectivity index (χ2v) is 5.66. The quantitative estimate of drug-likeness (QED) is 0.780. The lowest BCUT2D eigenvalue weighted by Gasteiger charge is -2.34. The first-order chi connectivity index (χ1) is 9.08. The maximum atomic E-state index is 13.7. The Kier molecular flexibility index (Phi) is 4.19. The summed E-state index contributed by atoms with van der Waals surface area (Å²) in [6.45, 7) is 2.17. The van der Waals surface area contributed by atoms with E-state index in [1.807, 2.05) is 0 Å². The first-order valence-electron chi connectivity index (χ1n) is 6.94. The Morgan fingerprint density at radius 3 is 2.53 bits per heavy atom. The highest BCUT2D eigenvalue weighted by atomic mass is 19.1. The van der Waals surface area contributed by atoms with Crippen LogP contribution in [0, 0.1) is 34.3 Å². The van der Waals surface area contributed by atoms with Gasteiger partial charge in [0.1, 0.15) is 11.6 Å². The van der Waals surface area contributed by atoms with Crippen molar-refractivity contribution in [3.05, 3.63) is 35.4 Å². The van der Waals surface area contributed by atoms with Crippen LogP contribution in [0.25, 0.3) is 0 Å². The summed E-state index contributed by atoms with van der Waals surface area (Å²) in [6, 6.07) is 6.03. The summed E-state index contributed by atoms with van der Waals surface area (Å²) in [6.07, 6.45) is 5.25. The van der Waals surface area contributed by atoms with E-state index >= 15 is 0 Å². The van der Waals surface area contributed by atoms with Crippen molar-refractivity contribution in [2.45, 2.75) is 45.4 Å². The van der Waals surface area contributed by atoms with E-state index in [0.717, 1.165) is 38.2 Å². The van der Waals surface area contributed by atoms with Crippen LogP contribution >= 0.6 is 0 Å². The molecule has 3 heteroatoms. The van der Waals surface area contributed by atoms with Gasteiger partial charge in [-0.25, -0.2) is 8.78 Å². The second kappa shape index (κ2) is 5.69. The highest BCUT2D eigenvalue weighted by Crippen LogP contribution is 2.42. The van der Waals surface area contributed by atoms with Crippen molar-refractivity contribution < 1.29 is 8.78 Å². The molecule has 2 rings (SSSR count). The zero-order valence-corrected chi connectivity index (χ0v) is 11.3. The largest absolute Gasteiger partial charge is 0.207 e. The zero-order chi connectivity index (χ0) is 13.9. The predicted octanol–water partition coefficient (Wildman–Crippen LogP) is 4.62. The highest BCUT2D eigenvalue weighted by molar-refractivity contribution is 5.22. The average molecular weight is 263 g/mol. The lowest BCUT2D eigenvalue weighted by Crippen LogP contribution is -2.28. The molecule has 0 heterocycles. The summed E-state index contributed by atoms with van der Waals surface area (Å²) >= 11 is 0. The Balaban J connectivity index is 2.13. The Morgan fingerprint density at radius 1 is 1.32 bits per heavy atom. The van der Waals surface area contributed by atoms with Crippen LogP contribution in [-0.4, -0.2) is 0 Å². The molecular formula is C16H19F2N. The van der Waals surface area contributed by atoms with Gasteiger partial charge in [-0.2, -0.15) is 5.26 Å². The van der Waals surface area contributed by atoms with Crippen molar-refractivity contribution in [2.75, 3.05) is 0 Å². The van der Waals surface area contributed by atoms with E-state index < -0.39 is 17.0 Å². The number of halogens is 2. The van der Waals surface area contributed by atoms with Crippen LogP contribution in [0.2, 0.25) is 0 Å². The summed E-state index contributed by atoms with van der Waals surface area (Å²) in [5, 5.41) is 9.46. The Hall–Kier alpha value is -1.43. The fraction of sp³-hybridized carbons (Fsp3) is 0.562. The van der Waals surface area contributed by atoms with Crippen molar-refractivity contribution in [3.8, 4) is 6.07 Å². The summed E-state index contributed by atoms with van der Waals surface area (Å²) in [4.78, 5) is 0. The summed E-state index contributed by atoms with van der Waals surface area (Å²) in [5.41, 5.74) is -0.0115. The third-order valence-electron chi connectivity index (χ3n) is 4.42. The Bertz CT molecular complexity index is 482. The minimum atomic E-state index is -0.568. The number of benzene rings is 1. The molecule has 19 heavy (non-hydrogen) atoms. The molecule has 102 valence electrons. The van der Waals surface area contributed by atoms with Crippen molar-refractivity contribution in [1.82, 2.24) is 0 Å². The summed E-state index contributed by atoms with van der Waals surface area (Å²) < 4.78 is 26.6. The molecular weight excluding hydrogens is 244 g/mol. The number of nitriles is 1. The van der Waals surface area contributed by atoms with Gasteiger partial charge in [0, 0.05) is 6.07 Å². The van der Waals surface area contributed by atoms with Crippen LogP contribution in [-0.2, 0) is 6.42 Å². The van der Waals surface area contributed by atoms with Crippen LogP contribution in [0.3, 0.4) is 0 Å². The van der Waals surface area contributed by atoms with Gasteiger partial charge in [0.05, 0.1) is 11.5 Å². The van der Waals surface area contributed by atoms with E-state index in [-0.39, 0.29) is 0 Å². The molecule has 0 saturated heterocycles. The molecule has 1 fully saturated rings. The van der Waals surface area contributed by atoms with Crippen LogP contribution < -0.4 is 0 Å². The normalized spacial score (nSPS) is 26.9. The van der Waals surface area contributed by atoms with E-state index in [0.29, 0.717) is 17.9 Å². The zero-order valence-electron chi connectivity index (χ0n) is 11.3. The SMILES string of the molecule is CCC1CCC(C#N)(Cc2ccc(F)cc2F)CC1. The van der Waals surface area contributed by atoms with Crippen LogP contribution in [0.1, 0.15) is 44.6 Å². The van der Waals surface area contributed by atoms with Gasteiger partial charge in [-0.1, -0.05) is 19.4 Å². The van der Waals surface area contributed by atoms with Gasteiger partial charge < -0.3 is 0 Å². The van der Waals surface area contributed by atoms with Gasteiger partial charge in [-0.3, -0.25) is 0 Å². The molecule has 0 amide bonds. The monoisotopic (exact) mass is 263 g/mol. The number of rotatable bonds is 3. The molecule has 0 unspecified atom stereocenters. The fourth-order valence-electron chi connectivity index (χ4n) is 3.00. The van der Waals surface area contributed by atoms with Gasteiger partial charge in [-0.05, 0) is 49.7 Å². The van der Waals surface area contributed by atoms with Crippen LogP contribution in [0.5, 0.6) is 0 Å². The minimum Gasteiger partial charge on any atom is -0.207 e. The average Bonchev–Trinajstić information content (AvgIpc) is 2.43. The lowest BCUT2D eigenvalue weighted by molar-refractivity contribution is 0.203. The molecule has 1 aliphatic carbocycles. The first-order valence-corrected chi connectivity index (χ1v) is 6.94. The van der Waals surface area contributed by atoms with Gasteiger partial charge in [-0.15, -0.1) is 0 Å². The van der Waals surface area contributed by atoms with E-state index in [4.69, 9.17) is 0 Å². The molecule has 1 aliphatic rings. The maximum Gasteiger partial charge on any atom is 0.129 e. The fourth-order valence-corrected chi connectivity index (χ4v) is 3.00. The Morgan fingerprint density at radius 2 is 2.00 bits per heavy atom. The Labute approximate surface area is 113 Å². The molecule has 0 bridgehead atoms. The number of hydrogen-bond donors (Lipinski definition) is 0. The van der Waals surface area contributed by atoms with Crippen LogP contribution in [0.4, 0.5) is 8.78 Å². The smallest absolute Gasteiger partial charge is 0.129 e. The number of nitrogens with zero attached hydrogens (tertiary/aromatic N) is 1. The van der Waals surface area contributed by atoms with Gasteiger partial charge in [0.25, 0.3) is 0 Å². The molecule has 0 radical (unpaired) electrons. The third-order valence-corrected chi connectivity index (χ3v) is 4.42. The van der Waals surface area contributed by atoms with Crippen molar-refractivity contribution in [2.24, 2.45) is 11.3 Å². The summed E-state index contributed by atoms with van der Waals surface area (Å²) in [7, 11) is 0. The van der Waals surface area contributed by atoms with Gasteiger partial charge in [0.2, 0.25) is 0 Å². The van der Waals surface area contributed by atoms with E-state index in [1.54, 1.807) is 0 Å². The van der Waals surface area contributed by atoms with Crippen molar-refractivity contribution in [3.63, 3.8) is 0 Å². The third kappa shape index (κ3) is 3.12. The molecule has 0 N–H and O–H groups in total. The van der Waals surface area contributed by atoms with Crippen LogP contribution in [0.15, 0.2) is 18.2 Å². The lowest BCUT2D eigenvalue weighted by atomic mass is 9.68. The molecule has 1 aromatic carbocycles. The van der Waals surface area contributed by atoms with Crippen molar-refractivity contribution in [1.29, 1.82) is 5.26 Å². The van der Waals surface area contributed by atoms with Gasteiger partial charge in [0.15, 0.2) is 0 Å². The molecule has 1 aromatic rings. The van der Waals surface area contributed by atoms with Gasteiger partial charge >= 0.3 is 0 Å². The molecule has 0 aliphatic heterocycles. The summed E-state index contributed by atoms with van der Waals surface area (Å²) in [5.74, 6) is -0.409. The minimum absolute atomic E-state index is 0.395. The maximum absolute atomic E-state index is 13.7. The van der Waals surface area contributed by atoms with Crippen molar-refractivity contribution >= 4 is 0 Å². The molecule has 1 nitrogen and oxygen atoms in total. The first kappa shape index (κ1) is 14.0.